The molecular weight excluding hydrogens is 366 g/mol. The monoisotopic (exact) mass is 393 g/mol. The van der Waals surface area contributed by atoms with Crippen molar-refractivity contribution in [2.45, 2.75) is 38.9 Å². The summed E-state index contributed by atoms with van der Waals surface area (Å²) in [4.78, 5) is 29.0. The van der Waals surface area contributed by atoms with Crippen LogP contribution in [0.15, 0.2) is 48.5 Å². The Balaban J connectivity index is 1.57. The van der Waals surface area contributed by atoms with E-state index in [2.05, 4.69) is 18.3 Å². The summed E-state index contributed by atoms with van der Waals surface area (Å²) in [5.41, 5.74) is 3.93. The molecule has 0 aliphatic carbocycles. The molecule has 0 bridgehead atoms. The number of hydrogen-bond acceptors (Lipinski definition) is 4. The van der Waals surface area contributed by atoms with Gasteiger partial charge in [-0.2, -0.15) is 0 Å². The van der Waals surface area contributed by atoms with Crippen LogP contribution < -0.4 is 5.32 Å². The molecule has 1 atom stereocenters. The molecule has 152 valence electrons. The van der Waals surface area contributed by atoms with Crippen LogP contribution in [0.4, 0.5) is 10.5 Å². The molecule has 1 fully saturated rings. The Morgan fingerprint density at radius 2 is 1.79 bits per heavy atom. The van der Waals surface area contributed by atoms with E-state index in [4.69, 9.17) is 4.74 Å². The van der Waals surface area contributed by atoms with Crippen molar-refractivity contribution in [2.75, 3.05) is 25.0 Å². The molecule has 2 amide bonds. The van der Waals surface area contributed by atoms with Gasteiger partial charge in [0.25, 0.3) is 5.91 Å². The lowest BCUT2D eigenvalue weighted by Gasteiger charge is -2.39. The first kappa shape index (κ1) is 19.3. The number of rotatable bonds is 4. The van der Waals surface area contributed by atoms with E-state index in [-0.39, 0.29) is 24.2 Å². The highest BCUT2D eigenvalue weighted by molar-refractivity contribution is 5.99. The number of para-hydroxylation sites is 1. The summed E-state index contributed by atoms with van der Waals surface area (Å²) in [6, 6.07) is 16.0. The number of amides is 2. The molecule has 29 heavy (non-hydrogen) atoms. The van der Waals surface area contributed by atoms with Crippen LogP contribution in [0.5, 0.6) is 0 Å². The first-order valence-corrected chi connectivity index (χ1v) is 10.3. The highest BCUT2D eigenvalue weighted by Crippen LogP contribution is 2.38. The van der Waals surface area contributed by atoms with Gasteiger partial charge in [-0.3, -0.25) is 4.79 Å². The molecule has 2 aromatic rings. The van der Waals surface area contributed by atoms with E-state index in [0.29, 0.717) is 19.7 Å². The number of carbonyl (C=O) groups is 2. The molecule has 6 heteroatoms. The Labute approximate surface area is 171 Å². The van der Waals surface area contributed by atoms with Crippen LogP contribution in [0, 0.1) is 6.92 Å². The third-order valence-electron chi connectivity index (χ3n) is 5.82. The Hall–Kier alpha value is -3.02. The van der Waals surface area contributed by atoms with E-state index in [1.54, 1.807) is 4.90 Å². The lowest BCUT2D eigenvalue weighted by molar-refractivity contribution is 0.0496. The first-order valence-electron chi connectivity index (χ1n) is 10.3. The number of nitrogens with zero attached hydrogens (tertiary/aromatic N) is 2. The van der Waals surface area contributed by atoms with E-state index in [1.807, 2.05) is 54.3 Å². The predicted molar refractivity (Wildman–Crippen MR) is 112 cm³/mol. The molecule has 1 saturated heterocycles. The molecule has 1 N–H and O–H groups in total. The minimum absolute atomic E-state index is 0.0567. The molecule has 6 nitrogen and oxygen atoms in total. The lowest BCUT2D eigenvalue weighted by atomic mass is 10.0. The fourth-order valence-electron chi connectivity index (χ4n) is 4.28. The normalized spacial score (nSPS) is 19.2. The molecule has 2 aromatic carbocycles. The molecule has 1 unspecified atom stereocenters. The van der Waals surface area contributed by atoms with Gasteiger partial charge in [0.05, 0.1) is 6.61 Å². The smallest absolute Gasteiger partial charge is 0.409 e. The molecule has 0 aromatic heterocycles. The molecule has 2 heterocycles. The number of likely N-dealkylation sites (tertiary alicyclic amines) is 1. The third-order valence-corrected chi connectivity index (χ3v) is 5.82. The van der Waals surface area contributed by atoms with Crippen LogP contribution in [-0.4, -0.2) is 47.5 Å². The summed E-state index contributed by atoms with van der Waals surface area (Å²) >= 11 is 0. The summed E-state index contributed by atoms with van der Waals surface area (Å²) in [7, 11) is 0. The van der Waals surface area contributed by atoms with Gasteiger partial charge in [-0.25, -0.2) is 4.79 Å². The third kappa shape index (κ3) is 3.67. The molecule has 2 aliphatic heterocycles. The zero-order valence-corrected chi connectivity index (χ0v) is 16.9. The summed E-state index contributed by atoms with van der Waals surface area (Å²) in [6.45, 7) is 5.45. The highest BCUT2D eigenvalue weighted by atomic mass is 16.6. The maximum atomic E-state index is 13.3. The van der Waals surface area contributed by atoms with Crippen molar-refractivity contribution in [3.63, 3.8) is 0 Å². The van der Waals surface area contributed by atoms with Gasteiger partial charge in [-0.05, 0) is 44.4 Å². The van der Waals surface area contributed by atoms with Crippen LogP contribution in [-0.2, 0) is 4.74 Å². The summed E-state index contributed by atoms with van der Waals surface area (Å²) in [5, 5.41) is 3.60. The topological polar surface area (TPSA) is 61.9 Å². The summed E-state index contributed by atoms with van der Waals surface area (Å²) in [5.74, 6) is 0.0567. The van der Waals surface area contributed by atoms with Gasteiger partial charge in [0.2, 0.25) is 0 Å². The van der Waals surface area contributed by atoms with Crippen molar-refractivity contribution < 1.29 is 14.3 Å². The van der Waals surface area contributed by atoms with Crippen molar-refractivity contribution in [3.8, 4) is 0 Å². The standard InChI is InChI=1S/C23H27N3O3/c1-3-29-23(28)25-14-12-17(13-15-25)26-21(24-20-11-7-4-8-16(20)2)18-9-5-6-10-19(18)22(26)27/h4-11,17,21,24H,3,12-15H2,1-2H3. The van der Waals surface area contributed by atoms with Crippen LogP contribution >= 0.6 is 0 Å². The maximum absolute atomic E-state index is 13.3. The van der Waals surface area contributed by atoms with Crippen LogP contribution in [0.1, 0.15) is 47.4 Å². The maximum Gasteiger partial charge on any atom is 0.409 e. The molecular formula is C23H27N3O3. The minimum Gasteiger partial charge on any atom is -0.450 e. The second kappa shape index (κ2) is 8.15. The Bertz CT molecular complexity index is 906. The first-order chi connectivity index (χ1) is 14.1. The van der Waals surface area contributed by atoms with Crippen LogP contribution in [0.25, 0.3) is 0 Å². The van der Waals surface area contributed by atoms with Crippen LogP contribution in [0.2, 0.25) is 0 Å². The number of benzene rings is 2. The largest absolute Gasteiger partial charge is 0.450 e. The number of carbonyl (C=O) groups excluding carboxylic acids is 2. The van der Waals surface area contributed by atoms with Gasteiger partial charge in [-0.1, -0.05) is 36.4 Å². The number of anilines is 1. The van der Waals surface area contributed by atoms with E-state index >= 15 is 0 Å². The summed E-state index contributed by atoms with van der Waals surface area (Å²) < 4.78 is 5.12. The van der Waals surface area contributed by atoms with Gasteiger partial charge < -0.3 is 19.9 Å². The Morgan fingerprint density at radius 1 is 1.10 bits per heavy atom. The molecule has 0 saturated carbocycles. The Morgan fingerprint density at radius 3 is 2.52 bits per heavy atom. The van der Waals surface area contributed by atoms with Gasteiger partial charge in [-0.15, -0.1) is 0 Å². The number of hydrogen-bond donors (Lipinski definition) is 1. The molecule has 0 radical (unpaired) electrons. The molecule has 2 aliphatic rings. The Kier molecular flexibility index (Phi) is 5.43. The number of nitrogens with one attached hydrogen (secondary N) is 1. The molecule has 0 spiro atoms. The number of fused-ring (bicyclic) bond motifs is 1. The van der Waals surface area contributed by atoms with E-state index in [9.17, 15) is 9.59 Å². The number of aryl methyl sites for hydroxylation is 1. The number of piperidine rings is 1. The lowest BCUT2D eigenvalue weighted by Crippen LogP contribution is -2.49. The quantitative estimate of drug-likeness (QED) is 0.846. The second-order valence-electron chi connectivity index (χ2n) is 7.58. The van der Waals surface area contributed by atoms with E-state index in [1.165, 1.54) is 0 Å². The van der Waals surface area contributed by atoms with Crippen molar-refractivity contribution >= 4 is 17.7 Å². The zero-order valence-electron chi connectivity index (χ0n) is 16.9. The van der Waals surface area contributed by atoms with E-state index < -0.39 is 0 Å². The van der Waals surface area contributed by atoms with Crippen molar-refractivity contribution in [1.82, 2.24) is 9.80 Å². The highest BCUT2D eigenvalue weighted by Gasteiger charge is 2.42. The van der Waals surface area contributed by atoms with E-state index in [0.717, 1.165) is 35.2 Å². The zero-order chi connectivity index (χ0) is 20.4. The number of ether oxygens (including phenoxy) is 1. The second-order valence-corrected chi connectivity index (χ2v) is 7.58. The van der Waals surface area contributed by atoms with Crippen molar-refractivity contribution in [3.05, 3.63) is 65.2 Å². The fraction of sp³-hybridized carbons (Fsp3) is 0.391. The van der Waals surface area contributed by atoms with Crippen molar-refractivity contribution in [2.24, 2.45) is 0 Å². The van der Waals surface area contributed by atoms with Crippen molar-refractivity contribution in [1.29, 1.82) is 0 Å². The van der Waals surface area contributed by atoms with Gasteiger partial charge in [0.1, 0.15) is 6.17 Å². The van der Waals surface area contributed by atoms with Gasteiger partial charge >= 0.3 is 6.09 Å². The fourth-order valence-corrected chi connectivity index (χ4v) is 4.28. The molecule has 4 rings (SSSR count). The van der Waals surface area contributed by atoms with Crippen LogP contribution in [0.3, 0.4) is 0 Å². The predicted octanol–water partition coefficient (Wildman–Crippen LogP) is 4.18. The average molecular weight is 393 g/mol. The SMILES string of the molecule is CCOC(=O)N1CCC(N2C(=O)c3ccccc3C2Nc2ccccc2C)CC1. The minimum atomic E-state index is -0.267. The van der Waals surface area contributed by atoms with Gasteiger partial charge in [0, 0.05) is 35.9 Å². The average Bonchev–Trinajstić information content (AvgIpc) is 3.02. The summed E-state index contributed by atoms with van der Waals surface area (Å²) in [6.07, 6.45) is 1.00. The van der Waals surface area contributed by atoms with Gasteiger partial charge in [0.15, 0.2) is 0 Å².